The number of halogens is 1. The van der Waals surface area contributed by atoms with Crippen LogP contribution < -0.4 is 4.90 Å². The number of alkyl halides is 1. The molecule has 1 heterocycles. The quantitative estimate of drug-likeness (QED) is 0.506. The minimum atomic E-state index is -0.382. The standard InChI is InChI=1S/C14H17BrN4O2/c15-7-8-18(10-3-1-2-4-10)14-16-12-6-5-11(19(20)21)9-13(12)17-14/h5-6,9-10H,1-4,7-8H2,(H,16,17). The maximum Gasteiger partial charge on any atom is 0.271 e. The van der Waals surface area contributed by atoms with Gasteiger partial charge in [0.15, 0.2) is 0 Å². The molecule has 2 aromatic rings. The molecule has 1 aromatic carbocycles. The Morgan fingerprint density at radius 3 is 2.86 bits per heavy atom. The smallest absolute Gasteiger partial charge is 0.271 e. The number of anilines is 1. The highest BCUT2D eigenvalue weighted by molar-refractivity contribution is 9.09. The summed E-state index contributed by atoms with van der Waals surface area (Å²) < 4.78 is 0. The third-order valence-electron chi connectivity index (χ3n) is 4.03. The van der Waals surface area contributed by atoms with Gasteiger partial charge in [0.2, 0.25) is 5.95 Å². The Balaban J connectivity index is 1.95. The summed E-state index contributed by atoms with van der Waals surface area (Å²) in [5, 5.41) is 11.7. The SMILES string of the molecule is O=[N+]([O-])c1ccc2nc(N(CCBr)C3CCCC3)[nH]c2c1. The highest BCUT2D eigenvalue weighted by atomic mass is 79.9. The van der Waals surface area contributed by atoms with E-state index in [1.165, 1.54) is 31.7 Å². The summed E-state index contributed by atoms with van der Waals surface area (Å²) in [6.07, 6.45) is 4.89. The third kappa shape index (κ3) is 2.88. The van der Waals surface area contributed by atoms with Crippen LogP contribution in [0.5, 0.6) is 0 Å². The second-order valence-electron chi connectivity index (χ2n) is 5.34. The highest BCUT2D eigenvalue weighted by Gasteiger charge is 2.24. The normalized spacial score (nSPS) is 15.7. The lowest BCUT2D eigenvalue weighted by atomic mass is 10.2. The Labute approximate surface area is 130 Å². The summed E-state index contributed by atoms with van der Waals surface area (Å²) in [6.45, 7) is 0.882. The number of benzene rings is 1. The maximum atomic E-state index is 10.9. The van der Waals surface area contributed by atoms with Crippen LogP contribution in [0.25, 0.3) is 11.0 Å². The van der Waals surface area contributed by atoms with E-state index in [9.17, 15) is 10.1 Å². The van der Waals surface area contributed by atoms with E-state index in [2.05, 4.69) is 30.8 Å². The molecule has 0 saturated heterocycles. The van der Waals surface area contributed by atoms with Crippen molar-refractivity contribution >= 4 is 38.6 Å². The fourth-order valence-electron chi connectivity index (χ4n) is 3.00. The van der Waals surface area contributed by atoms with Crippen molar-refractivity contribution in [3.63, 3.8) is 0 Å². The number of H-pyrrole nitrogens is 1. The maximum absolute atomic E-state index is 10.9. The molecule has 0 aliphatic heterocycles. The van der Waals surface area contributed by atoms with E-state index in [0.717, 1.165) is 28.9 Å². The van der Waals surface area contributed by atoms with Crippen LogP contribution in [0.1, 0.15) is 25.7 Å². The van der Waals surface area contributed by atoms with Gasteiger partial charge in [0.1, 0.15) is 0 Å². The number of fused-ring (bicyclic) bond motifs is 1. The van der Waals surface area contributed by atoms with Crippen molar-refractivity contribution in [1.82, 2.24) is 9.97 Å². The van der Waals surface area contributed by atoms with Crippen molar-refractivity contribution in [3.8, 4) is 0 Å². The van der Waals surface area contributed by atoms with Gasteiger partial charge in [-0.1, -0.05) is 28.8 Å². The minimum absolute atomic E-state index is 0.0885. The molecule has 1 saturated carbocycles. The third-order valence-corrected chi connectivity index (χ3v) is 4.38. The molecular formula is C14H17BrN4O2. The van der Waals surface area contributed by atoms with Gasteiger partial charge < -0.3 is 9.88 Å². The Kier molecular flexibility index (Phi) is 4.10. The van der Waals surface area contributed by atoms with Crippen molar-refractivity contribution < 1.29 is 4.92 Å². The van der Waals surface area contributed by atoms with E-state index in [0.29, 0.717) is 6.04 Å². The summed E-state index contributed by atoms with van der Waals surface area (Å²) in [5.41, 5.74) is 1.58. The van der Waals surface area contributed by atoms with E-state index < -0.39 is 0 Å². The lowest BCUT2D eigenvalue weighted by molar-refractivity contribution is -0.384. The minimum Gasteiger partial charge on any atom is -0.339 e. The van der Waals surface area contributed by atoms with Gasteiger partial charge in [-0.25, -0.2) is 4.98 Å². The first kappa shape index (κ1) is 14.3. The molecule has 0 bridgehead atoms. The summed E-state index contributed by atoms with van der Waals surface area (Å²) in [6, 6.07) is 5.26. The number of non-ortho nitro benzene ring substituents is 1. The Morgan fingerprint density at radius 1 is 1.43 bits per heavy atom. The van der Waals surface area contributed by atoms with Crippen molar-refractivity contribution in [3.05, 3.63) is 28.3 Å². The summed E-state index contributed by atoms with van der Waals surface area (Å²) >= 11 is 3.50. The highest BCUT2D eigenvalue weighted by Crippen LogP contribution is 2.29. The summed E-state index contributed by atoms with van der Waals surface area (Å²) in [5.74, 6) is 0.817. The molecule has 0 atom stereocenters. The lowest BCUT2D eigenvalue weighted by Crippen LogP contribution is -2.35. The number of hydrogen-bond donors (Lipinski definition) is 1. The molecule has 112 valence electrons. The van der Waals surface area contributed by atoms with Gasteiger partial charge in [-0.3, -0.25) is 10.1 Å². The van der Waals surface area contributed by atoms with Crippen LogP contribution in [0.2, 0.25) is 0 Å². The second kappa shape index (κ2) is 6.01. The largest absolute Gasteiger partial charge is 0.339 e. The first-order valence-electron chi connectivity index (χ1n) is 7.16. The molecule has 7 heteroatoms. The van der Waals surface area contributed by atoms with E-state index in [-0.39, 0.29) is 10.6 Å². The van der Waals surface area contributed by atoms with Gasteiger partial charge in [-0.15, -0.1) is 0 Å². The van der Waals surface area contributed by atoms with Crippen LogP contribution >= 0.6 is 15.9 Å². The zero-order chi connectivity index (χ0) is 14.8. The number of nitro benzene ring substituents is 1. The molecule has 1 aliphatic carbocycles. The molecule has 0 unspecified atom stereocenters. The van der Waals surface area contributed by atoms with Crippen LogP contribution in [0, 0.1) is 10.1 Å². The molecule has 1 aromatic heterocycles. The lowest BCUT2D eigenvalue weighted by Gasteiger charge is -2.27. The number of rotatable bonds is 5. The van der Waals surface area contributed by atoms with Crippen LogP contribution in [0.15, 0.2) is 18.2 Å². The Bertz CT molecular complexity index is 651. The van der Waals surface area contributed by atoms with E-state index in [1.54, 1.807) is 12.1 Å². The van der Waals surface area contributed by atoms with Gasteiger partial charge >= 0.3 is 0 Å². The fraction of sp³-hybridized carbons (Fsp3) is 0.500. The van der Waals surface area contributed by atoms with Crippen molar-refractivity contribution in [2.45, 2.75) is 31.7 Å². The number of nitrogens with zero attached hydrogens (tertiary/aromatic N) is 3. The van der Waals surface area contributed by atoms with Gasteiger partial charge in [-0.05, 0) is 18.9 Å². The predicted molar refractivity (Wildman–Crippen MR) is 86.1 cm³/mol. The molecule has 1 N–H and O–H groups in total. The number of imidazole rings is 1. The molecular weight excluding hydrogens is 336 g/mol. The zero-order valence-corrected chi connectivity index (χ0v) is 13.2. The predicted octanol–water partition coefficient (Wildman–Crippen LogP) is 3.62. The van der Waals surface area contributed by atoms with Gasteiger partial charge in [0.25, 0.3) is 5.69 Å². The molecule has 6 nitrogen and oxygen atoms in total. The summed E-state index contributed by atoms with van der Waals surface area (Å²) in [7, 11) is 0. The Hall–Kier alpha value is -1.63. The van der Waals surface area contributed by atoms with Crippen LogP contribution in [-0.2, 0) is 0 Å². The molecule has 3 rings (SSSR count). The topological polar surface area (TPSA) is 75.1 Å². The molecule has 0 spiro atoms. The second-order valence-corrected chi connectivity index (χ2v) is 6.13. The van der Waals surface area contributed by atoms with Gasteiger partial charge in [0, 0.05) is 30.0 Å². The van der Waals surface area contributed by atoms with Crippen LogP contribution in [0.4, 0.5) is 11.6 Å². The number of nitrogens with one attached hydrogen (secondary N) is 1. The zero-order valence-electron chi connectivity index (χ0n) is 11.6. The average molecular weight is 353 g/mol. The molecule has 1 aliphatic rings. The number of hydrogen-bond acceptors (Lipinski definition) is 4. The van der Waals surface area contributed by atoms with Crippen molar-refractivity contribution in [2.24, 2.45) is 0 Å². The van der Waals surface area contributed by atoms with Gasteiger partial charge in [0.05, 0.1) is 16.0 Å². The van der Waals surface area contributed by atoms with E-state index in [1.807, 2.05) is 0 Å². The monoisotopic (exact) mass is 352 g/mol. The average Bonchev–Trinajstić information content (AvgIpc) is 3.12. The molecule has 1 fully saturated rings. The van der Waals surface area contributed by atoms with E-state index >= 15 is 0 Å². The van der Waals surface area contributed by atoms with Gasteiger partial charge in [-0.2, -0.15) is 0 Å². The van der Waals surface area contributed by atoms with Crippen LogP contribution in [0.3, 0.4) is 0 Å². The van der Waals surface area contributed by atoms with Crippen molar-refractivity contribution in [1.29, 1.82) is 0 Å². The fourth-order valence-corrected chi connectivity index (χ4v) is 3.38. The molecule has 21 heavy (non-hydrogen) atoms. The first-order valence-corrected chi connectivity index (χ1v) is 8.28. The number of aromatic nitrogens is 2. The number of aromatic amines is 1. The summed E-state index contributed by atoms with van der Waals surface area (Å²) in [4.78, 5) is 20.6. The Morgan fingerprint density at radius 2 is 2.19 bits per heavy atom. The number of nitro groups is 1. The molecule has 0 radical (unpaired) electrons. The van der Waals surface area contributed by atoms with E-state index in [4.69, 9.17) is 0 Å². The molecule has 0 amide bonds. The van der Waals surface area contributed by atoms with Crippen LogP contribution in [-0.4, -0.2) is 32.8 Å². The first-order chi connectivity index (χ1) is 10.2. The van der Waals surface area contributed by atoms with Crippen molar-refractivity contribution in [2.75, 3.05) is 16.8 Å².